The molecule has 2 radical (unpaired) electrons. The third kappa shape index (κ3) is 10.4. The summed E-state index contributed by atoms with van der Waals surface area (Å²) in [5, 5.41) is 0. The third-order valence-corrected chi connectivity index (χ3v) is 0. The largest absolute Gasteiger partial charge is 0 e. The van der Waals surface area contributed by atoms with E-state index >= 15 is 0 Å². The molecule has 0 aromatic carbocycles. The second kappa shape index (κ2) is 8.86. The van der Waals surface area contributed by atoms with E-state index in [1.54, 1.807) is 0 Å². The van der Waals surface area contributed by atoms with Crippen LogP contribution in [0.1, 0.15) is 0 Å². The molecule has 0 spiro atoms. The summed E-state index contributed by atoms with van der Waals surface area (Å²) in [6, 6.07) is 0. The molecule has 0 saturated carbocycles. The smallest absolute Gasteiger partial charge is 0 e. The molecule has 0 aliphatic carbocycles. The van der Waals surface area contributed by atoms with E-state index in [-0.39, 0.29) is 26.2 Å². The van der Waals surface area contributed by atoms with E-state index in [0.29, 0.717) is 0 Å². The van der Waals surface area contributed by atoms with Gasteiger partial charge in [0.25, 0.3) is 0 Å². The molecule has 0 fully saturated rings. The van der Waals surface area contributed by atoms with Gasteiger partial charge >= 0.3 is 23.4 Å². The zero-order valence-electron chi connectivity index (χ0n) is 1.76. The number of hydrogen-bond donors (Lipinski definition) is 0. The summed E-state index contributed by atoms with van der Waals surface area (Å²) in [7, 11) is 0. The maximum absolute atomic E-state index is 9.75. The Kier molecular flexibility index (Phi) is 19.9. The van der Waals surface area contributed by atoms with Gasteiger partial charge in [0.2, 0.25) is 0 Å². The van der Waals surface area contributed by atoms with Gasteiger partial charge in [0.05, 0.1) is 0 Å². The van der Waals surface area contributed by atoms with Gasteiger partial charge in [0.1, 0.15) is 0 Å². The van der Waals surface area contributed by atoms with Crippen molar-refractivity contribution >= 4 is 16.4 Å². The van der Waals surface area contributed by atoms with Crippen LogP contribution in [-0.4, -0.2) is 16.4 Å². The standard InChI is InChI=1S/F2Ge.Zr/c1-3-2;. The van der Waals surface area contributed by atoms with Crippen LogP contribution in [0, 0.1) is 0 Å². The van der Waals surface area contributed by atoms with Crippen LogP contribution in [0.3, 0.4) is 0 Å². The molecule has 0 amide bonds. The van der Waals surface area contributed by atoms with E-state index in [0.717, 1.165) is 0 Å². The van der Waals surface area contributed by atoms with Crippen molar-refractivity contribution in [3.05, 3.63) is 0 Å². The molecule has 0 aliphatic rings. The molecule has 0 saturated heterocycles. The molecule has 0 aliphatic heterocycles. The van der Waals surface area contributed by atoms with Gasteiger partial charge < -0.3 is 0 Å². The fraction of sp³-hybridized carbons (Fsp3) is 0. The van der Waals surface area contributed by atoms with E-state index in [1.807, 2.05) is 0 Å². The average Bonchev–Trinajstić information content (AvgIpc) is 0.918. The summed E-state index contributed by atoms with van der Waals surface area (Å²) >= 11 is -2.50. The second-order valence-corrected chi connectivity index (χ2v) is 0.371. The van der Waals surface area contributed by atoms with Gasteiger partial charge in [-0.05, 0) is 0 Å². The van der Waals surface area contributed by atoms with Crippen LogP contribution >= 0.6 is 0 Å². The van der Waals surface area contributed by atoms with Crippen molar-refractivity contribution < 1.29 is 33.2 Å². The first-order valence-corrected chi connectivity index (χ1v) is 1.96. The Bertz CT molecular complexity index is 6.00. The zero-order valence-corrected chi connectivity index (χ0v) is 6.31. The Morgan fingerprint density at radius 3 is 1.25 bits per heavy atom. The molecule has 0 unspecified atom stereocenters. The summed E-state index contributed by atoms with van der Waals surface area (Å²) in [5.74, 6) is 0. The summed E-state index contributed by atoms with van der Waals surface area (Å²) in [5.41, 5.74) is 0. The minimum atomic E-state index is -2.50. The average molecular weight is 202 g/mol. The van der Waals surface area contributed by atoms with Crippen LogP contribution in [0.2, 0.25) is 0 Å². The Morgan fingerprint density at radius 2 is 1.25 bits per heavy atom. The Balaban J connectivity index is 0. The number of rotatable bonds is 0. The molecular formula is F2GeZr. The normalized spacial score (nSPS) is 4.50. The van der Waals surface area contributed by atoms with Gasteiger partial charge in [0.15, 0.2) is 0 Å². The maximum atomic E-state index is 9.75. The Hall–Kier alpha value is 1.29. The van der Waals surface area contributed by atoms with Gasteiger partial charge in [-0.2, -0.15) is 0 Å². The third-order valence-electron chi connectivity index (χ3n) is 0. The molecule has 22 valence electrons. The first-order chi connectivity index (χ1) is 1.41. The predicted octanol–water partition coefficient (Wildman–Crippen LogP) is 0.457. The van der Waals surface area contributed by atoms with Crippen LogP contribution in [0.25, 0.3) is 0 Å². The molecule has 0 rings (SSSR count). The minimum absolute atomic E-state index is 0. The van der Waals surface area contributed by atoms with Crippen LogP contribution in [-0.2, 0) is 26.2 Å². The van der Waals surface area contributed by atoms with Crippen molar-refractivity contribution in [2.24, 2.45) is 0 Å². The minimum Gasteiger partial charge on any atom is 0 e. The van der Waals surface area contributed by atoms with Crippen molar-refractivity contribution in [2.75, 3.05) is 0 Å². The quantitative estimate of drug-likeness (QED) is 0.500. The number of hydrogen-bond acceptors (Lipinski definition) is 0. The fourth-order valence-corrected chi connectivity index (χ4v) is 0. The van der Waals surface area contributed by atoms with Crippen molar-refractivity contribution in [2.45, 2.75) is 0 Å². The van der Waals surface area contributed by atoms with Crippen molar-refractivity contribution in [1.82, 2.24) is 0 Å². The van der Waals surface area contributed by atoms with Gasteiger partial charge in [-0.25, -0.2) is 0 Å². The summed E-state index contributed by atoms with van der Waals surface area (Å²) in [6.45, 7) is 0. The van der Waals surface area contributed by atoms with Gasteiger partial charge in [-0.3, -0.25) is 0 Å². The molecular weight excluding hydrogens is 202 g/mol. The van der Waals surface area contributed by atoms with Crippen LogP contribution < -0.4 is 0 Å². The van der Waals surface area contributed by atoms with Crippen molar-refractivity contribution in [1.29, 1.82) is 0 Å². The van der Waals surface area contributed by atoms with E-state index in [4.69, 9.17) is 0 Å². The van der Waals surface area contributed by atoms with Crippen LogP contribution in [0.15, 0.2) is 0 Å². The van der Waals surface area contributed by atoms with Gasteiger partial charge in [-0.15, -0.1) is 0 Å². The molecule has 0 atom stereocenters. The maximum Gasteiger partial charge on any atom is 0 e. The number of halogens is 2. The van der Waals surface area contributed by atoms with Crippen molar-refractivity contribution in [3.8, 4) is 0 Å². The van der Waals surface area contributed by atoms with E-state index in [9.17, 15) is 7.00 Å². The summed E-state index contributed by atoms with van der Waals surface area (Å²) < 4.78 is 19.5. The van der Waals surface area contributed by atoms with E-state index in [2.05, 4.69) is 0 Å². The predicted molar refractivity (Wildman–Crippen MR) is 7.97 cm³/mol. The first-order valence-electron chi connectivity index (χ1n) is 0.378. The molecule has 0 aromatic heterocycles. The van der Waals surface area contributed by atoms with E-state index < -0.39 is 16.4 Å². The monoisotopic (exact) mass is 202 g/mol. The molecule has 0 heterocycles. The molecule has 4 heavy (non-hydrogen) atoms. The second-order valence-electron chi connectivity index (χ2n) is 0.0714. The summed E-state index contributed by atoms with van der Waals surface area (Å²) in [4.78, 5) is 0. The first kappa shape index (κ1) is 8.99. The van der Waals surface area contributed by atoms with Gasteiger partial charge in [0, 0.05) is 26.2 Å². The summed E-state index contributed by atoms with van der Waals surface area (Å²) in [6.07, 6.45) is 0. The topological polar surface area (TPSA) is 0 Å². The molecule has 0 N–H and O–H groups in total. The Labute approximate surface area is 49.5 Å². The van der Waals surface area contributed by atoms with Crippen LogP contribution in [0.4, 0.5) is 7.00 Å². The SMILES string of the molecule is [F][Ge][F].[Zr]. The molecule has 0 bridgehead atoms. The molecule has 0 nitrogen and oxygen atoms in total. The molecule has 4 heteroatoms. The zero-order chi connectivity index (χ0) is 2.71. The Morgan fingerprint density at radius 1 is 1.25 bits per heavy atom. The fourth-order valence-electron chi connectivity index (χ4n) is 0. The van der Waals surface area contributed by atoms with E-state index in [1.165, 1.54) is 0 Å². The van der Waals surface area contributed by atoms with Gasteiger partial charge in [-0.1, -0.05) is 0 Å². The molecule has 0 aromatic rings. The van der Waals surface area contributed by atoms with Crippen LogP contribution in [0.5, 0.6) is 0 Å². The van der Waals surface area contributed by atoms with Crippen molar-refractivity contribution in [3.63, 3.8) is 0 Å².